The third-order valence-corrected chi connectivity index (χ3v) is 4.01. The topological polar surface area (TPSA) is 32.3 Å². The average Bonchev–Trinajstić information content (AvgIpc) is 2.27. The number of benzene rings is 1. The Labute approximate surface area is 115 Å². The van der Waals surface area contributed by atoms with Gasteiger partial charge < -0.3 is 10.4 Å². The molecule has 1 atom stereocenters. The number of aliphatic hydroxyl groups excluding tert-OH is 1. The predicted molar refractivity (Wildman–Crippen MR) is 80.4 cm³/mol. The lowest BCUT2D eigenvalue weighted by atomic mass is 10.2. The second-order valence-electron chi connectivity index (χ2n) is 5.29. The van der Waals surface area contributed by atoms with Gasteiger partial charge in [-0.3, -0.25) is 0 Å². The van der Waals surface area contributed by atoms with E-state index in [1.165, 1.54) is 16.0 Å². The van der Waals surface area contributed by atoms with Gasteiger partial charge in [0.05, 0.1) is 6.10 Å². The van der Waals surface area contributed by atoms with E-state index in [1.54, 1.807) is 11.8 Å². The Kier molecular flexibility index (Phi) is 6.76. The van der Waals surface area contributed by atoms with E-state index < -0.39 is 0 Å². The second-order valence-corrected chi connectivity index (χ2v) is 6.35. The molecule has 3 heteroatoms. The van der Waals surface area contributed by atoms with Gasteiger partial charge >= 0.3 is 0 Å². The summed E-state index contributed by atoms with van der Waals surface area (Å²) in [6, 6.07) is 6.45. The Morgan fingerprint density at radius 1 is 1.22 bits per heavy atom. The molecule has 0 aliphatic carbocycles. The highest BCUT2D eigenvalue weighted by Gasteiger charge is 2.06. The van der Waals surface area contributed by atoms with Crippen LogP contribution in [0.3, 0.4) is 0 Å². The molecule has 0 radical (unpaired) electrons. The predicted octanol–water partition coefficient (Wildman–Crippen LogP) is 3.00. The first-order valence-corrected chi connectivity index (χ1v) is 7.56. The summed E-state index contributed by atoms with van der Waals surface area (Å²) in [5, 5.41) is 13.2. The fourth-order valence-electron chi connectivity index (χ4n) is 1.74. The number of thioether (sulfide) groups is 1. The number of aliphatic hydroxyl groups is 1. The van der Waals surface area contributed by atoms with Crippen LogP contribution in [0.5, 0.6) is 0 Å². The quantitative estimate of drug-likeness (QED) is 0.745. The van der Waals surface area contributed by atoms with Gasteiger partial charge in [-0.15, -0.1) is 11.8 Å². The number of hydrogen-bond donors (Lipinski definition) is 2. The zero-order valence-electron chi connectivity index (χ0n) is 11.9. The molecule has 0 bridgehead atoms. The number of rotatable bonds is 7. The van der Waals surface area contributed by atoms with Crippen LogP contribution in [0, 0.1) is 19.8 Å². The van der Waals surface area contributed by atoms with Crippen LogP contribution < -0.4 is 5.32 Å². The van der Waals surface area contributed by atoms with Crippen molar-refractivity contribution in [1.29, 1.82) is 0 Å². The van der Waals surface area contributed by atoms with E-state index >= 15 is 0 Å². The van der Waals surface area contributed by atoms with Gasteiger partial charge in [-0.1, -0.05) is 31.5 Å². The van der Waals surface area contributed by atoms with Crippen molar-refractivity contribution in [2.45, 2.75) is 38.7 Å². The Balaban J connectivity index is 2.31. The Morgan fingerprint density at radius 2 is 1.94 bits per heavy atom. The molecule has 0 spiro atoms. The summed E-state index contributed by atoms with van der Waals surface area (Å²) in [5.41, 5.74) is 2.58. The van der Waals surface area contributed by atoms with Crippen LogP contribution in [-0.2, 0) is 0 Å². The molecule has 0 heterocycles. The summed E-state index contributed by atoms with van der Waals surface area (Å²) in [5.74, 6) is 1.37. The van der Waals surface area contributed by atoms with E-state index in [0.717, 1.165) is 12.3 Å². The molecule has 2 nitrogen and oxygen atoms in total. The SMILES string of the molecule is Cc1ccc(SCC(O)CNCC(C)C)c(C)c1. The van der Waals surface area contributed by atoms with Crippen molar-refractivity contribution in [3.8, 4) is 0 Å². The van der Waals surface area contributed by atoms with E-state index in [2.05, 4.69) is 51.2 Å². The molecular weight excluding hydrogens is 242 g/mol. The highest BCUT2D eigenvalue weighted by atomic mass is 32.2. The normalized spacial score (nSPS) is 13.0. The molecule has 18 heavy (non-hydrogen) atoms. The first-order valence-electron chi connectivity index (χ1n) is 6.58. The monoisotopic (exact) mass is 267 g/mol. The summed E-state index contributed by atoms with van der Waals surface area (Å²) >= 11 is 1.73. The van der Waals surface area contributed by atoms with Crippen LogP contribution in [0.4, 0.5) is 0 Å². The van der Waals surface area contributed by atoms with Crippen molar-refractivity contribution < 1.29 is 5.11 Å². The number of hydrogen-bond acceptors (Lipinski definition) is 3. The number of aryl methyl sites for hydroxylation is 2. The lowest BCUT2D eigenvalue weighted by Gasteiger charge is -2.13. The standard InChI is InChI=1S/C15H25NOS/c1-11(2)8-16-9-14(17)10-18-15-6-5-12(3)7-13(15)4/h5-7,11,14,16-17H,8-10H2,1-4H3. The average molecular weight is 267 g/mol. The van der Waals surface area contributed by atoms with Gasteiger partial charge in [-0.05, 0) is 37.9 Å². The lowest BCUT2D eigenvalue weighted by Crippen LogP contribution is -2.31. The molecule has 0 aliphatic rings. The molecule has 0 fully saturated rings. The lowest BCUT2D eigenvalue weighted by molar-refractivity contribution is 0.194. The van der Waals surface area contributed by atoms with Crippen molar-refractivity contribution in [1.82, 2.24) is 5.32 Å². The van der Waals surface area contributed by atoms with Gasteiger partial charge in [0.15, 0.2) is 0 Å². The van der Waals surface area contributed by atoms with E-state index in [9.17, 15) is 5.11 Å². The molecule has 1 unspecified atom stereocenters. The Morgan fingerprint density at radius 3 is 2.56 bits per heavy atom. The number of nitrogens with one attached hydrogen (secondary N) is 1. The van der Waals surface area contributed by atoms with Crippen LogP contribution in [-0.4, -0.2) is 30.1 Å². The maximum atomic E-state index is 9.89. The van der Waals surface area contributed by atoms with Crippen LogP contribution in [0.15, 0.2) is 23.1 Å². The first kappa shape index (κ1) is 15.5. The molecule has 0 saturated carbocycles. The highest BCUT2D eigenvalue weighted by Crippen LogP contribution is 2.23. The van der Waals surface area contributed by atoms with Gasteiger partial charge in [0.2, 0.25) is 0 Å². The van der Waals surface area contributed by atoms with Gasteiger partial charge in [-0.2, -0.15) is 0 Å². The maximum absolute atomic E-state index is 9.89. The van der Waals surface area contributed by atoms with Gasteiger partial charge in [0.25, 0.3) is 0 Å². The van der Waals surface area contributed by atoms with Gasteiger partial charge in [0.1, 0.15) is 0 Å². The molecule has 2 N–H and O–H groups in total. The molecule has 1 aromatic rings. The first-order chi connectivity index (χ1) is 8.49. The van der Waals surface area contributed by atoms with Crippen LogP contribution >= 0.6 is 11.8 Å². The van der Waals surface area contributed by atoms with Crippen molar-refractivity contribution in [2.75, 3.05) is 18.8 Å². The smallest absolute Gasteiger partial charge is 0.0758 e. The van der Waals surface area contributed by atoms with Crippen LogP contribution in [0.25, 0.3) is 0 Å². The van der Waals surface area contributed by atoms with E-state index in [1.807, 2.05) is 0 Å². The molecule has 1 aromatic carbocycles. The third kappa shape index (κ3) is 5.89. The summed E-state index contributed by atoms with van der Waals surface area (Å²) in [7, 11) is 0. The molecule has 0 aromatic heterocycles. The zero-order chi connectivity index (χ0) is 13.5. The van der Waals surface area contributed by atoms with E-state index in [-0.39, 0.29) is 6.10 Å². The second kappa shape index (κ2) is 7.82. The minimum atomic E-state index is -0.283. The van der Waals surface area contributed by atoms with Gasteiger partial charge in [0, 0.05) is 17.2 Å². The molecule has 0 amide bonds. The van der Waals surface area contributed by atoms with Crippen molar-refractivity contribution in [3.63, 3.8) is 0 Å². The zero-order valence-corrected chi connectivity index (χ0v) is 12.7. The van der Waals surface area contributed by atoms with Crippen molar-refractivity contribution >= 4 is 11.8 Å². The molecular formula is C15H25NOS. The minimum absolute atomic E-state index is 0.283. The van der Waals surface area contributed by atoms with Crippen molar-refractivity contribution in [3.05, 3.63) is 29.3 Å². The van der Waals surface area contributed by atoms with Crippen LogP contribution in [0.1, 0.15) is 25.0 Å². The van der Waals surface area contributed by atoms with E-state index in [0.29, 0.717) is 12.5 Å². The van der Waals surface area contributed by atoms with E-state index in [4.69, 9.17) is 0 Å². The van der Waals surface area contributed by atoms with Gasteiger partial charge in [-0.25, -0.2) is 0 Å². The van der Waals surface area contributed by atoms with Crippen LogP contribution in [0.2, 0.25) is 0 Å². The summed E-state index contributed by atoms with van der Waals surface area (Å²) in [4.78, 5) is 1.27. The maximum Gasteiger partial charge on any atom is 0.0758 e. The molecule has 102 valence electrons. The highest BCUT2D eigenvalue weighted by molar-refractivity contribution is 7.99. The summed E-state index contributed by atoms with van der Waals surface area (Å²) < 4.78 is 0. The van der Waals surface area contributed by atoms with Crippen molar-refractivity contribution in [2.24, 2.45) is 5.92 Å². The summed E-state index contributed by atoms with van der Waals surface area (Å²) in [6.45, 7) is 10.2. The fraction of sp³-hybridized carbons (Fsp3) is 0.600. The molecule has 0 saturated heterocycles. The minimum Gasteiger partial charge on any atom is -0.391 e. The molecule has 1 rings (SSSR count). The third-order valence-electron chi connectivity index (χ3n) is 2.69. The summed E-state index contributed by atoms with van der Waals surface area (Å²) in [6.07, 6.45) is -0.283. The Bertz CT molecular complexity index is 366. The Hall–Kier alpha value is -0.510. The largest absolute Gasteiger partial charge is 0.391 e. The fourth-order valence-corrected chi connectivity index (χ4v) is 2.69. The molecule has 0 aliphatic heterocycles.